The molecule has 88 valence electrons. The minimum atomic E-state index is -0.999. The van der Waals surface area contributed by atoms with E-state index in [4.69, 9.17) is 10.2 Å². The monoisotopic (exact) mass is 224 g/mol. The molecular weight excluding hydrogens is 208 g/mol. The average Bonchev–Trinajstić information content (AvgIpc) is 2.26. The molecular formula is C11H16N2O3. The van der Waals surface area contributed by atoms with Crippen LogP contribution in [0.3, 0.4) is 0 Å². The molecule has 0 saturated heterocycles. The van der Waals surface area contributed by atoms with E-state index in [1.54, 1.807) is 6.07 Å². The Balaban J connectivity index is 2.71. The van der Waals surface area contributed by atoms with Crippen molar-refractivity contribution >= 4 is 11.8 Å². The largest absolute Gasteiger partial charge is 0.478 e. The fourth-order valence-corrected chi connectivity index (χ4v) is 1.22. The van der Waals surface area contributed by atoms with Crippen LogP contribution in [0.2, 0.25) is 0 Å². The van der Waals surface area contributed by atoms with Gasteiger partial charge in [0.05, 0.1) is 18.2 Å². The summed E-state index contributed by atoms with van der Waals surface area (Å²) in [5.41, 5.74) is 0.149. The number of carbonyl (C=O) groups is 1. The Hall–Kier alpha value is -1.62. The Morgan fingerprint density at radius 1 is 1.50 bits per heavy atom. The van der Waals surface area contributed by atoms with E-state index < -0.39 is 5.97 Å². The Morgan fingerprint density at radius 3 is 2.56 bits per heavy atom. The van der Waals surface area contributed by atoms with E-state index in [0.717, 1.165) is 0 Å². The number of hydrogen-bond donors (Lipinski definition) is 3. The number of nitrogens with one attached hydrogen (secondary N) is 1. The normalized spacial score (nSPS) is 12.5. The number of rotatable bonds is 5. The van der Waals surface area contributed by atoms with Crippen molar-refractivity contribution in [1.82, 2.24) is 4.98 Å². The maximum Gasteiger partial charge on any atom is 0.337 e. The summed E-state index contributed by atoms with van der Waals surface area (Å²) < 4.78 is 0. The lowest BCUT2D eigenvalue weighted by atomic mass is 10.1. The molecule has 1 heterocycles. The van der Waals surface area contributed by atoms with Gasteiger partial charge in [0, 0.05) is 6.20 Å². The molecule has 3 N–H and O–H groups in total. The second-order valence-corrected chi connectivity index (χ2v) is 3.91. The second kappa shape index (κ2) is 5.46. The van der Waals surface area contributed by atoms with Crippen LogP contribution in [0.15, 0.2) is 18.3 Å². The van der Waals surface area contributed by atoms with Gasteiger partial charge in [-0.05, 0) is 18.1 Å². The third-order valence-corrected chi connectivity index (χ3v) is 2.35. The number of carboxylic acids is 1. The topological polar surface area (TPSA) is 82.5 Å². The van der Waals surface area contributed by atoms with Crippen molar-refractivity contribution in [2.45, 2.75) is 19.9 Å². The van der Waals surface area contributed by atoms with Crippen LogP contribution >= 0.6 is 0 Å². The highest BCUT2D eigenvalue weighted by atomic mass is 16.4. The summed E-state index contributed by atoms with van der Waals surface area (Å²) in [6.45, 7) is 3.99. The number of hydrogen-bond acceptors (Lipinski definition) is 4. The number of nitrogens with zero attached hydrogens (tertiary/aromatic N) is 1. The third-order valence-electron chi connectivity index (χ3n) is 2.35. The first-order valence-electron chi connectivity index (χ1n) is 5.11. The SMILES string of the molecule is CC(C)[C@@H](CO)Nc1ccc(C(=O)O)cn1. The maximum absolute atomic E-state index is 10.6. The van der Waals surface area contributed by atoms with Gasteiger partial charge in [0.1, 0.15) is 5.82 Å². The molecule has 1 atom stereocenters. The van der Waals surface area contributed by atoms with Crippen LogP contribution < -0.4 is 5.32 Å². The molecule has 1 aromatic heterocycles. The summed E-state index contributed by atoms with van der Waals surface area (Å²) in [5, 5.41) is 20.8. The van der Waals surface area contributed by atoms with E-state index in [2.05, 4.69) is 10.3 Å². The van der Waals surface area contributed by atoms with Gasteiger partial charge in [-0.15, -0.1) is 0 Å². The molecule has 5 nitrogen and oxygen atoms in total. The lowest BCUT2D eigenvalue weighted by Gasteiger charge is -2.20. The van der Waals surface area contributed by atoms with Gasteiger partial charge in [-0.25, -0.2) is 9.78 Å². The summed E-state index contributed by atoms with van der Waals surface area (Å²) in [6.07, 6.45) is 1.29. The Bertz CT molecular complexity index is 349. The first-order chi connectivity index (χ1) is 7.54. The molecule has 0 fully saturated rings. The van der Waals surface area contributed by atoms with E-state index >= 15 is 0 Å². The molecule has 0 unspecified atom stereocenters. The molecule has 0 aliphatic rings. The lowest BCUT2D eigenvalue weighted by molar-refractivity contribution is 0.0696. The predicted molar refractivity (Wildman–Crippen MR) is 60.5 cm³/mol. The zero-order valence-electron chi connectivity index (χ0n) is 9.34. The maximum atomic E-state index is 10.6. The first kappa shape index (κ1) is 12.4. The van der Waals surface area contributed by atoms with Crippen molar-refractivity contribution in [2.24, 2.45) is 5.92 Å². The quantitative estimate of drug-likeness (QED) is 0.700. The minimum Gasteiger partial charge on any atom is -0.478 e. The Morgan fingerprint density at radius 2 is 2.19 bits per heavy atom. The highest BCUT2D eigenvalue weighted by Crippen LogP contribution is 2.10. The summed E-state index contributed by atoms with van der Waals surface area (Å²) in [5.74, 6) is -0.162. The van der Waals surface area contributed by atoms with Crippen LogP contribution in [-0.4, -0.2) is 33.8 Å². The number of pyridine rings is 1. The summed E-state index contributed by atoms with van der Waals surface area (Å²) in [6, 6.07) is 2.99. The number of aliphatic hydroxyl groups is 1. The van der Waals surface area contributed by atoms with Gasteiger partial charge in [0.25, 0.3) is 0 Å². The Labute approximate surface area is 94.1 Å². The number of anilines is 1. The van der Waals surface area contributed by atoms with Crippen LogP contribution in [0, 0.1) is 5.92 Å². The molecule has 0 saturated carbocycles. The zero-order valence-corrected chi connectivity index (χ0v) is 9.34. The smallest absolute Gasteiger partial charge is 0.337 e. The van der Waals surface area contributed by atoms with Gasteiger partial charge in [0.2, 0.25) is 0 Å². The minimum absolute atomic E-state index is 0.0139. The summed E-state index contributed by atoms with van der Waals surface area (Å²) in [4.78, 5) is 14.6. The molecule has 0 aliphatic carbocycles. The molecule has 0 aliphatic heterocycles. The van der Waals surface area contributed by atoms with Crippen molar-refractivity contribution in [2.75, 3.05) is 11.9 Å². The zero-order chi connectivity index (χ0) is 12.1. The number of aliphatic hydroxyl groups excluding tert-OH is 1. The van der Waals surface area contributed by atoms with Gasteiger partial charge < -0.3 is 15.5 Å². The molecule has 0 radical (unpaired) electrons. The summed E-state index contributed by atoms with van der Waals surface area (Å²) in [7, 11) is 0. The van der Waals surface area contributed by atoms with Crippen LogP contribution in [-0.2, 0) is 0 Å². The van der Waals surface area contributed by atoms with Gasteiger partial charge in [0.15, 0.2) is 0 Å². The Kier molecular flexibility index (Phi) is 4.25. The summed E-state index contributed by atoms with van der Waals surface area (Å²) >= 11 is 0. The highest BCUT2D eigenvalue weighted by Gasteiger charge is 2.12. The van der Waals surface area contributed by atoms with Crippen LogP contribution in [0.1, 0.15) is 24.2 Å². The van der Waals surface area contributed by atoms with E-state index in [1.165, 1.54) is 12.3 Å². The molecule has 1 rings (SSSR count). The molecule has 16 heavy (non-hydrogen) atoms. The van der Waals surface area contributed by atoms with Crippen LogP contribution in [0.5, 0.6) is 0 Å². The molecule has 0 bridgehead atoms. The molecule has 0 amide bonds. The number of aromatic carboxylic acids is 1. The van der Waals surface area contributed by atoms with E-state index in [1.807, 2.05) is 13.8 Å². The van der Waals surface area contributed by atoms with E-state index in [9.17, 15) is 4.79 Å². The van der Waals surface area contributed by atoms with E-state index in [-0.39, 0.29) is 24.1 Å². The van der Waals surface area contributed by atoms with Crippen molar-refractivity contribution in [1.29, 1.82) is 0 Å². The lowest BCUT2D eigenvalue weighted by Crippen LogP contribution is -2.29. The van der Waals surface area contributed by atoms with Gasteiger partial charge >= 0.3 is 5.97 Å². The van der Waals surface area contributed by atoms with Crippen molar-refractivity contribution in [3.05, 3.63) is 23.9 Å². The van der Waals surface area contributed by atoms with Crippen molar-refractivity contribution < 1.29 is 15.0 Å². The van der Waals surface area contributed by atoms with Crippen molar-refractivity contribution in [3.63, 3.8) is 0 Å². The van der Waals surface area contributed by atoms with Crippen LogP contribution in [0.25, 0.3) is 0 Å². The second-order valence-electron chi connectivity index (χ2n) is 3.91. The van der Waals surface area contributed by atoms with Crippen molar-refractivity contribution in [3.8, 4) is 0 Å². The highest BCUT2D eigenvalue weighted by molar-refractivity contribution is 5.87. The van der Waals surface area contributed by atoms with E-state index in [0.29, 0.717) is 5.82 Å². The molecule has 1 aromatic rings. The standard InChI is InChI=1S/C11H16N2O3/c1-7(2)9(6-14)13-10-4-3-8(5-12-10)11(15)16/h3-5,7,9,14H,6H2,1-2H3,(H,12,13)(H,15,16)/t9-/m1/s1. The molecule has 5 heteroatoms. The molecule has 0 spiro atoms. The fraction of sp³-hybridized carbons (Fsp3) is 0.455. The van der Waals surface area contributed by atoms with Gasteiger partial charge in [-0.3, -0.25) is 0 Å². The fourth-order valence-electron chi connectivity index (χ4n) is 1.22. The number of aromatic nitrogens is 1. The molecule has 0 aromatic carbocycles. The van der Waals surface area contributed by atoms with Gasteiger partial charge in [-0.1, -0.05) is 13.8 Å². The third kappa shape index (κ3) is 3.20. The average molecular weight is 224 g/mol. The van der Waals surface area contributed by atoms with Gasteiger partial charge in [-0.2, -0.15) is 0 Å². The number of carboxylic acid groups (broad SMARTS) is 1. The predicted octanol–water partition coefficient (Wildman–Crippen LogP) is 1.21. The van der Waals surface area contributed by atoms with Crippen LogP contribution in [0.4, 0.5) is 5.82 Å². The first-order valence-corrected chi connectivity index (χ1v) is 5.11.